The van der Waals surface area contributed by atoms with Crippen LogP contribution in [0.25, 0.3) is 6.08 Å². The second-order valence-electron chi connectivity index (χ2n) is 7.59. The minimum atomic E-state index is -0.416. The lowest BCUT2D eigenvalue weighted by atomic mass is 10.0. The van der Waals surface area contributed by atoms with E-state index in [1.54, 1.807) is 13.2 Å². The molecule has 0 heterocycles. The van der Waals surface area contributed by atoms with E-state index in [0.717, 1.165) is 30.4 Å². The Balaban J connectivity index is 1.85. The Morgan fingerprint density at radius 2 is 1.50 bits per heavy atom. The van der Waals surface area contributed by atoms with Crippen molar-refractivity contribution in [1.82, 2.24) is 0 Å². The van der Waals surface area contributed by atoms with Crippen molar-refractivity contribution in [3.05, 3.63) is 77.9 Å². The van der Waals surface area contributed by atoms with E-state index in [4.69, 9.17) is 9.47 Å². The third-order valence-electron chi connectivity index (χ3n) is 5.11. The number of carbonyl (C=O) groups excluding carboxylic acids is 2. The molecule has 0 N–H and O–H groups in total. The topological polar surface area (TPSA) is 52.6 Å². The van der Waals surface area contributed by atoms with Gasteiger partial charge in [0, 0.05) is 13.5 Å². The number of esters is 1. The molecule has 0 spiro atoms. The van der Waals surface area contributed by atoms with Gasteiger partial charge in [-0.05, 0) is 49.3 Å². The van der Waals surface area contributed by atoms with Gasteiger partial charge < -0.3 is 9.47 Å². The summed E-state index contributed by atoms with van der Waals surface area (Å²) in [6, 6.07) is 18.2. The fourth-order valence-electron chi connectivity index (χ4n) is 3.37. The molecule has 2 rings (SSSR count). The Morgan fingerprint density at radius 1 is 0.900 bits per heavy atom. The molecule has 0 fully saturated rings. The normalized spacial score (nSPS) is 12.7. The molecule has 0 aromatic heterocycles. The summed E-state index contributed by atoms with van der Waals surface area (Å²) in [5, 5.41) is 0. The average Bonchev–Trinajstić information content (AvgIpc) is 2.75. The van der Waals surface area contributed by atoms with Crippen molar-refractivity contribution in [2.45, 2.75) is 57.7 Å². The van der Waals surface area contributed by atoms with Crippen LogP contribution < -0.4 is 0 Å². The van der Waals surface area contributed by atoms with Crippen molar-refractivity contribution in [2.24, 2.45) is 0 Å². The fraction of sp³-hybridized carbons (Fsp3) is 0.385. The van der Waals surface area contributed by atoms with Crippen LogP contribution >= 0.6 is 0 Å². The van der Waals surface area contributed by atoms with E-state index in [0.29, 0.717) is 6.42 Å². The number of ether oxygens (including phenoxy) is 2. The SMILES string of the molecule is C=Cc1ccc(CCC(CC(C)=O)OC(=O)CC(CCc2ccccc2)OC)cc1. The van der Waals surface area contributed by atoms with Gasteiger partial charge in [0.1, 0.15) is 11.9 Å². The predicted octanol–water partition coefficient (Wildman–Crippen LogP) is 5.19. The van der Waals surface area contributed by atoms with Crippen LogP contribution in [-0.4, -0.2) is 31.1 Å². The van der Waals surface area contributed by atoms with Gasteiger partial charge in [-0.25, -0.2) is 0 Å². The Morgan fingerprint density at radius 3 is 2.07 bits per heavy atom. The molecule has 0 saturated carbocycles. The van der Waals surface area contributed by atoms with Gasteiger partial charge in [0.05, 0.1) is 12.5 Å². The Labute approximate surface area is 179 Å². The first-order chi connectivity index (χ1) is 14.5. The lowest BCUT2D eigenvalue weighted by molar-refractivity contribution is -0.153. The number of Topliss-reactive ketones (excluding diaryl/α,β-unsaturated/α-hetero) is 1. The Bertz CT molecular complexity index is 796. The molecule has 0 amide bonds. The van der Waals surface area contributed by atoms with Crippen molar-refractivity contribution in [3.8, 4) is 0 Å². The van der Waals surface area contributed by atoms with Crippen LogP contribution in [0.2, 0.25) is 0 Å². The molecule has 2 unspecified atom stereocenters. The van der Waals surface area contributed by atoms with E-state index < -0.39 is 6.10 Å². The van der Waals surface area contributed by atoms with Gasteiger partial charge in [-0.3, -0.25) is 9.59 Å². The van der Waals surface area contributed by atoms with Gasteiger partial charge in [-0.1, -0.05) is 67.3 Å². The van der Waals surface area contributed by atoms with E-state index in [1.165, 1.54) is 12.5 Å². The molecular weight excluding hydrogens is 376 g/mol. The zero-order valence-electron chi connectivity index (χ0n) is 18.0. The molecule has 0 radical (unpaired) electrons. The highest BCUT2D eigenvalue weighted by Gasteiger charge is 2.20. The van der Waals surface area contributed by atoms with Gasteiger partial charge in [-0.15, -0.1) is 0 Å². The van der Waals surface area contributed by atoms with Crippen LogP contribution in [0.1, 0.15) is 49.3 Å². The maximum absolute atomic E-state index is 12.5. The van der Waals surface area contributed by atoms with Gasteiger partial charge in [0.2, 0.25) is 0 Å². The molecule has 4 nitrogen and oxygen atoms in total. The summed E-state index contributed by atoms with van der Waals surface area (Å²) in [5.74, 6) is -0.301. The van der Waals surface area contributed by atoms with Crippen LogP contribution in [0.3, 0.4) is 0 Å². The molecule has 0 aliphatic heterocycles. The number of aryl methyl sites for hydroxylation is 2. The number of hydrogen-bond acceptors (Lipinski definition) is 4. The molecule has 0 bridgehead atoms. The van der Waals surface area contributed by atoms with Gasteiger partial charge in [-0.2, -0.15) is 0 Å². The Kier molecular flexibility index (Phi) is 10.0. The average molecular weight is 409 g/mol. The molecule has 30 heavy (non-hydrogen) atoms. The van der Waals surface area contributed by atoms with Crippen LogP contribution in [-0.2, 0) is 31.9 Å². The number of rotatable bonds is 13. The molecule has 160 valence electrons. The highest BCUT2D eigenvalue weighted by atomic mass is 16.5. The van der Waals surface area contributed by atoms with Crippen molar-refractivity contribution in [2.75, 3.05) is 7.11 Å². The lowest BCUT2D eigenvalue weighted by Crippen LogP contribution is -2.25. The molecular formula is C26H32O4. The summed E-state index contributed by atoms with van der Waals surface area (Å²) in [6.07, 6.45) is 4.53. The summed E-state index contributed by atoms with van der Waals surface area (Å²) in [7, 11) is 1.61. The first kappa shape index (κ1) is 23.6. The summed E-state index contributed by atoms with van der Waals surface area (Å²) < 4.78 is 11.1. The summed E-state index contributed by atoms with van der Waals surface area (Å²) in [6.45, 7) is 5.28. The minimum absolute atomic E-state index is 0.0159. The van der Waals surface area contributed by atoms with E-state index in [9.17, 15) is 9.59 Å². The quantitative estimate of drug-likeness (QED) is 0.428. The van der Waals surface area contributed by atoms with Crippen molar-refractivity contribution in [1.29, 1.82) is 0 Å². The largest absolute Gasteiger partial charge is 0.462 e. The second-order valence-corrected chi connectivity index (χ2v) is 7.59. The fourth-order valence-corrected chi connectivity index (χ4v) is 3.37. The van der Waals surface area contributed by atoms with Crippen molar-refractivity contribution in [3.63, 3.8) is 0 Å². The van der Waals surface area contributed by atoms with Crippen molar-refractivity contribution < 1.29 is 19.1 Å². The molecule has 2 aromatic carbocycles. The molecule has 0 saturated heterocycles. The van der Waals surface area contributed by atoms with Crippen LogP contribution in [0.5, 0.6) is 0 Å². The third kappa shape index (κ3) is 8.75. The molecule has 2 aromatic rings. The Hall–Kier alpha value is -2.72. The molecule has 4 heteroatoms. The predicted molar refractivity (Wildman–Crippen MR) is 120 cm³/mol. The van der Waals surface area contributed by atoms with E-state index in [1.807, 2.05) is 42.5 Å². The summed E-state index contributed by atoms with van der Waals surface area (Å²) in [4.78, 5) is 24.1. The van der Waals surface area contributed by atoms with Crippen LogP contribution in [0.4, 0.5) is 0 Å². The number of benzene rings is 2. The lowest BCUT2D eigenvalue weighted by Gasteiger charge is -2.20. The zero-order chi connectivity index (χ0) is 21.8. The van der Waals surface area contributed by atoms with E-state index in [-0.39, 0.29) is 30.7 Å². The maximum Gasteiger partial charge on any atom is 0.308 e. The minimum Gasteiger partial charge on any atom is -0.462 e. The van der Waals surface area contributed by atoms with E-state index >= 15 is 0 Å². The standard InChI is InChI=1S/C26H32O4/c1-4-21-10-12-23(13-11-21)15-17-25(18-20(2)27)30-26(28)19-24(29-3)16-14-22-8-6-5-7-9-22/h4-13,24-25H,1,14-19H2,2-3H3. The highest BCUT2D eigenvalue weighted by Crippen LogP contribution is 2.16. The van der Waals surface area contributed by atoms with Gasteiger partial charge in [0.25, 0.3) is 0 Å². The van der Waals surface area contributed by atoms with Crippen molar-refractivity contribution >= 4 is 17.8 Å². The maximum atomic E-state index is 12.5. The van der Waals surface area contributed by atoms with E-state index in [2.05, 4.69) is 18.7 Å². The third-order valence-corrected chi connectivity index (χ3v) is 5.11. The number of carbonyl (C=O) groups is 2. The van der Waals surface area contributed by atoms with Crippen LogP contribution in [0.15, 0.2) is 61.2 Å². The van der Waals surface area contributed by atoms with Crippen LogP contribution in [0, 0.1) is 0 Å². The summed E-state index contributed by atoms with van der Waals surface area (Å²) >= 11 is 0. The zero-order valence-corrected chi connectivity index (χ0v) is 18.0. The molecule has 0 aliphatic rings. The molecule has 0 aliphatic carbocycles. The second kappa shape index (κ2) is 12.8. The smallest absolute Gasteiger partial charge is 0.308 e. The van der Waals surface area contributed by atoms with Gasteiger partial charge in [0.15, 0.2) is 0 Å². The monoisotopic (exact) mass is 408 g/mol. The van der Waals surface area contributed by atoms with Gasteiger partial charge >= 0.3 is 5.97 Å². The highest BCUT2D eigenvalue weighted by molar-refractivity contribution is 5.77. The first-order valence-electron chi connectivity index (χ1n) is 10.5. The number of methoxy groups -OCH3 is 1. The number of ketones is 1. The number of hydrogen-bond donors (Lipinski definition) is 0. The first-order valence-corrected chi connectivity index (χ1v) is 10.5. The molecule has 2 atom stereocenters. The summed E-state index contributed by atoms with van der Waals surface area (Å²) in [5.41, 5.74) is 3.42.